The van der Waals surface area contributed by atoms with Crippen LogP contribution in [0.3, 0.4) is 0 Å². The number of nitrogens with two attached hydrogens (primary N) is 1. The molecule has 0 amide bonds. The zero-order chi connectivity index (χ0) is 11.5. The summed E-state index contributed by atoms with van der Waals surface area (Å²) in [5, 5.41) is 3.28. The lowest BCUT2D eigenvalue weighted by Crippen LogP contribution is -2.32. The van der Waals surface area contributed by atoms with Crippen molar-refractivity contribution in [3.8, 4) is 0 Å². The number of hydrogen-bond acceptors (Lipinski definition) is 3. The van der Waals surface area contributed by atoms with Gasteiger partial charge in [-0.25, -0.2) is 4.39 Å². The smallest absolute Gasteiger partial charge is 0.148 e. The van der Waals surface area contributed by atoms with Gasteiger partial charge in [0.25, 0.3) is 0 Å². The quantitative estimate of drug-likeness (QED) is 0.758. The molecule has 4 heteroatoms. The molecular weight excluding hydrogens is 207 g/mol. The fraction of sp³-hybridized carbons (Fsp3) is 0.500. The molecule has 3 nitrogen and oxygen atoms in total. The molecule has 1 fully saturated rings. The molecule has 1 aromatic carbocycles. The first kappa shape index (κ1) is 11.2. The third kappa shape index (κ3) is 2.44. The molecule has 3 N–H and O–H groups in total. The molecule has 1 saturated heterocycles. The van der Waals surface area contributed by atoms with Gasteiger partial charge in [-0.05, 0) is 31.9 Å². The largest absolute Gasteiger partial charge is 0.395 e. The maximum Gasteiger partial charge on any atom is 0.148 e. The van der Waals surface area contributed by atoms with Crippen LogP contribution in [-0.2, 0) is 4.74 Å². The summed E-state index contributed by atoms with van der Waals surface area (Å²) >= 11 is 0. The van der Waals surface area contributed by atoms with E-state index in [4.69, 9.17) is 10.5 Å². The molecule has 0 aromatic heterocycles. The minimum atomic E-state index is -0.370. The molecule has 0 bridgehead atoms. The van der Waals surface area contributed by atoms with Crippen LogP contribution in [0.5, 0.6) is 0 Å². The molecule has 0 spiro atoms. The number of rotatable bonds is 2. The number of hydrogen-bond donors (Lipinski definition) is 2. The first-order valence-corrected chi connectivity index (χ1v) is 5.59. The number of para-hydroxylation sites is 1. The van der Waals surface area contributed by atoms with Crippen LogP contribution >= 0.6 is 0 Å². The Morgan fingerprint density at radius 1 is 1.50 bits per heavy atom. The molecule has 0 radical (unpaired) electrons. The van der Waals surface area contributed by atoms with Crippen molar-refractivity contribution in [2.24, 2.45) is 0 Å². The van der Waals surface area contributed by atoms with Crippen LogP contribution in [0.15, 0.2) is 18.2 Å². The van der Waals surface area contributed by atoms with E-state index in [1.54, 1.807) is 12.1 Å². The predicted molar refractivity (Wildman–Crippen MR) is 62.9 cm³/mol. The average Bonchev–Trinajstić information content (AvgIpc) is 2.25. The van der Waals surface area contributed by atoms with Crippen molar-refractivity contribution >= 4 is 11.4 Å². The fourth-order valence-electron chi connectivity index (χ4n) is 2.01. The molecule has 2 atom stereocenters. The highest BCUT2D eigenvalue weighted by molar-refractivity contribution is 5.66. The zero-order valence-electron chi connectivity index (χ0n) is 9.37. The summed E-state index contributed by atoms with van der Waals surface area (Å²) in [6.07, 6.45) is 2.11. The van der Waals surface area contributed by atoms with Crippen LogP contribution in [-0.4, -0.2) is 18.8 Å². The van der Waals surface area contributed by atoms with Crippen molar-refractivity contribution in [1.82, 2.24) is 0 Å². The van der Waals surface area contributed by atoms with Gasteiger partial charge in [0.1, 0.15) is 5.82 Å². The Morgan fingerprint density at radius 3 is 3.06 bits per heavy atom. The van der Waals surface area contributed by atoms with Gasteiger partial charge >= 0.3 is 0 Å². The summed E-state index contributed by atoms with van der Waals surface area (Å²) in [6, 6.07) is 5.15. The summed E-state index contributed by atoms with van der Waals surface area (Å²) in [5.74, 6) is -0.370. The summed E-state index contributed by atoms with van der Waals surface area (Å²) in [5.41, 5.74) is 6.54. The Labute approximate surface area is 94.8 Å². The van der Waals surface area contributed by atoms with Crippen LogP contribution < -0.4 is 11.1 Å². The van der Waals surface area contributed by atoms with E-state index in [1.807, 2.05) is 6.92 Å². The lowest BCUT2D eigenvalue weighted by atomic mass is 10.0. The van der Waals surface area contributed by atoms with Gasteiger partial charge in [0.05, 0.1) is 17.5 Å². The van der Waals surface area contributed by atoms with Crippen molar-refractivity contribution < 1.29 is 9.13 Å². The van der Waals surface area contributed by atoms with E-state index in [-0.39, 0.29) is 17.6 Å². The second kappa shape index (κ2) is 4.70. The topological polar surface area (TPSA) is 47.3 Å². The summed E-state index contributed by atoms with van der Waals surface area (Å²) in [7, 11) is 0. The maximum absolute atomic E-state index is 13.2. The van der Waals surface area contributed by atoms with Gasteiger partial charge in [-0.2, -0.15) is 0 Å². The van der Waals surface area contributed by atoms with Crippen molar-refractivity contribution in [2.45, 2.75) is 31.9 Å². The van der Waals surface area contributed by atoms with Gasteiger partial charge < -0.3 is 15.8 Å². The molecule has 1 aliphatic heterocycles. The van der Waals surface area contributed by atoms with Crippen molar-refractivity contribution in [3.63, 3.8) is 0 Å². The van der Waals surface area contributed by atoms with Gasteiger partial charge in [0.15, 0.2) is 0 Å². The second-order valence-corrected chi connectivity index (χ2v) is 4.25. The van der Waals surface area contributed by atoms with Crippen molar-refractivity contribution in [1.29, 1.82) is 0 Å². The summed E-state index contributed by atoms with van der Waals surface area (Å²) < 4.78 is 18.7. The Kier molecular flexibility index (Phi) is 3.29. The fourth-order valence-corrected chi connectivity index (χ4v) is 2.01. The number of anilines is 2. The number of nitrogen functional groups attached to an aromatic ring is 1. The first-order chi connectivity index (χ1) is 7.66. The van der Waals surface area contributed by atoms with Crippen LogP contribution in [0.1, 0.15) is 19.8 Å². The molecule has 1 aromatic rings. The molecule has 0 saturated carbocycles. The molecule has 0 aliphatic carbocycles. The van der Waals surface area contributed by atoms with Crippen molar-refractivity contribution in [2.75, 3.05) is 17.7 Å². The number of benzene rings is 1. The van der Waals surface area contributed by atoms with E-state index in [9.17, 15) is 4.39 Å². The maximum atomic E-state index is 13.2. The highest BCUT2D eigenvalue weighted by Crippen LogP contribution is 2.25. The minimum Gasteiger partial charge on any atom is -0.395 e. The van der Waals surface area contributed by atoms with Gasteiger partial charge in [-0.3, -0.25) is 0 Å². The third-order valence-corrected chi connectivity index (χ3v) is 2.90. The standard InChI is InChI=1S/C12H17FN2O/c1-8-7-9(5-6-16-8)15-11-4-2-3-10(13)12(11)14/h2-4,8-9,15H,5-7,14H2,1H3. The van der Waals surface area contributed by atoms with E-state index in [0.717, 1.165) is 19.4 Å². The lowest BCUT2D eigenvalue weighted by molar-refractivity contribution is 0.0232. The molecule has 16 heavy (non-hydrogen) atoms. The average molecular weight is 224 g/mol. The zero-order valence-corrected chi connectivity index (χ0v) is 9.37. The normalized spacial score (nSPS) is 25.4. The molecule has 1 aliphatic rings. The van der Waals surface area contributed by atoms with E-state index in [1.165, 1.54) is 6.07 Å². The number of ether oxygens (including phenoxy) is 1. The first-order valence-electron chi connectivity index (χ1n) is 5.59. The molecule has 2 rings (SSSR count). The highest BCUT2D eigenvalue weighted by Gasteiger charge is 2.19. The van der Waals surface area contributed by atoms with E-state index in [2.05, 4.69) is 5.32 Å². The number of nitrogens with one attached hydrogen (secondary N) is 1. The Morgan fingerprint density at radius 2 is 2.31 bits per heavy atom. The van der Waals surface area contributed by atoms with Gasteiger partial charge in [0, 0.05) is 12.6 Å². The molecule has 88 valence electrons. The number of halogens is 1. The van der Waals surface area contributed by atoms with Crippen LogP contribution in [0.25, 0.3) is 0 Å². The van der Waals surface area contributed by atoms with E-state index in [0.29, 0.717) is 11.7 Å². The van der Waals surface area contributed by atoms with E-state index < -0.39 is 0 Å². The predicted octanol–water partition coefficient (Wildman–Crippen LogP) is 2.39. The van der Waals surface area contributed by atoms with Crippen LogP contribution in [0.2, 0.25) is 0 Å². The highest BCUT2D eigenvalue weighted by atomic mass is 19.1. The second-order valence-electron chi connectivity index (χ2n) is 4.25. The molecule has 1 heterocycles. The Hall–Kier alpha value is -1.29. The van der Waals surface area contributed by atoms with Crippen molar-refractivity contribution in [3.05, 3.63) is 24.0 Å². The Bertz CT molecular complexity index is 370. The third-order valence-electron chi connectivity index (χ3n) is 2.90. The van der Waals surface area contributed by atoms with Crippen LogP contribution in [0, 0.1) is 5.82 Å². The van der Waals surface area contributed by atoms with E-state index >= 15 is 0 Å². The molecule has 2 unspecified atom stereocenters. The lowest BCUT2D eigenvalue weighted by Gasteiger charge is -2.29. The monoisotopic (exact) mass is 224 g/mol. The minimum absolute atomic E-state index is 0.196. The summed E-state index contributed by atoms with van der Waals surface area (Å²) in [6.45, 7) is 2.79. The summed E-state index contributed by atoms with van der Waals surface area (Å²) in [4.78, 5) is 0. The van der Waals surface area contributed by atoms with Gasteiger partial charge in [0.2, 0.25) is 0 Å². The van der Waals surface area contributed by atoms with Crippen LogP contribution in [0.4, 0.5) is 15.8 Å². The SMILES string of the molecule is CC1CC(Nc2cccc(F)c2N)CCO1. The Balaban J connectivity index is 2.05. The van der Waals surface area contributed by atoms with Gasteiger partial charge in [-0.15, -0.1) is 0 Å². The molecular formula is C12H17FN2O. The van der Waals surface area contributed by atoms with Gasteiger partial charge in [-0.1, -0.05) is 6.07 Å².